The van der Waals surface area contributed by atoms with Crippen LogP contribution in [0.1, 0.15) is 35.3 Å². The highest BCUT2D eigenvalue weighted by molar-refractivity contribution is 5.98. The van der Waals surface area contributed by atoms with Crippen molar-refractivity contribution in [3.63, 3.8) is 0 Å². The highest BCUT2D eigenvalue weighted by Gasteiger charge is 2.22. The van der Waals surface area contributed by atoms with E-state index in [-0.39, 0.29) is 24.5 Å². The van der Waals surface area contributed by atoms with E-state index in [0.717, 1.165) is 11.1 Å². The number of anilines is 1. The van der Waals surface area contributed by atoms with Gasteiger partial charge in [-0.3, -0.25) is 9.59 Å². The van der Waals surface area contributed by atoms with Gasteiger partial charge in [0.1, 0.15) is 12.6 Å². The maximum atomic E-state index is 13.0. The van der Waals surface area contributed by atoms with Crippen LogP contribution >= 0.6 is 0 Å². The molecule has 3 aromatic rings. The summed E-state index contributed by atoms with van der Waals surface area (Å²) in [6.45, 7) is 3.88. The topological polar surface area (TPSA) is 96.5 Å². The molecule has 0 aromatic heterocycles. The number of hydrogen-bond acceptors (Lipinski definition) is 4. The number of benzene rings is 3. The van der Waals surface area contributed by atoms with Gasteiger partial charge < -0.3 is 20.7 Å². The predicted octanol–water partition coefficient (Wildman–Crippen LogP) is 4.30. The number of alkyl carbamates (subject to hydrolysis) is 1. The third-order valence-corrected chi connectivity index (χ3v) is 4.94. The van der Waals surface area contributed by atoms with E-state index in [1.807, 2.05) is 74.5 Å². The molecule has 3 rings (SSSR count). The van der Waals surface area contributed by atoms with Gasteiger partial charge in [0.05, 0.1) is 0 Å². The summed E-state index contributed by atoms with van der Waals surface area (Å²) in [7, 11) is 0. The molecule has 176 valence electrons. The van der Waals surface area contributed by atoms with Crippen molar-refractivity contribution >= 4 is 23.6 Å². The molecule has 0 aliphatic rings. The standard InChI is InChI=1S/C27H29N3O4/c1-19(2)28-25(31)22-13-15-23(16-14-22)29-26(32)24(17-20-9-5-3-6-10-20)30-27(33)34-18-21-11-7-4-8-12-21/h3-16,19,24H,17-18H2,1-2H3,(H,28,31)(H,29,32)(H,30,33)/t24-/m0/s1. The van der Waals surface area contributed by atoms with Gasteiger partial charge in [-0.15, -0.1) is 0 Å². The lowest BCUT2D eigenvalue weighted by Crippen LogP contribution is -2.45. The van der Waals surface area contributed by atoms with Crippen LogP contribution in [0.3, 0.4) is 0 Å². The Balaban J connectivity index is 1.65. The zero-order valence-electron chi connectivity index (χ0n) is 19.3. The second-order valence-corrected chi connectivity index (χ2v) is 8.14. The molecule has 0 heterocycles. The number of amides is 3. The maximum Gasteiger partial charge on any atom is 0.408 e. The number of carbonyl (C=O) groups excluding carboxylic acids is 3. The third kappa shape index (κ3) is 7.78. The molecule has 1 atom stereocenters. The minimum Gasteiger partial charge on any atom is -0.445 e. The van der Waals surface area contributed by atoms with E-state index in [2.05, 4.69) is 16.0 Å². The Kier molecular flexibility index (Phi) is 8.80. The Labute approximate surface area is 199 Å². The van der Waals surface area contributed by atoms with E-state index in [1.54, 1.807) is 24.3 Å². The molecule has 0 aliphatic heterocycles. The third-order valence-electron chi connectivity index (χ3n) is 4.94. The van der Waals surface area contributed by atoms with Crippen LogP contribution in [0, 0.1) is 0 Å². The number of hydrogen-bond donors (Lipinski definition) is 3. The first kappa shape index (κ1) is 24.5. The highest BCUT2D eigenvalue weighted by atomic mass is 16.5. The van der Waals surface area contributed by atoms with Crippen molar-refractivity contribution < 1.29 is 19.1 Å². The quantitative estimate of drug-likeness (QED) is 0.444. The fourth-order valence-corrected chi connectivity index (χ4v) is 3.25. The van der Waals surface area contributed by atoms with Crippen molar-refractivity contribution in [3.8, 4) is 0 Å². The lowest BCUT2D eigenvalue weighted by Gasteiger charge is -2.19. The summed E-state index contributed by atoms with van der Waals surface area (Å²) in [4.78, 5) is 37.6. The van der Waals surface area contributed by atoms with Gasteiger partial charge >= 0.3 is 6.09 Å². The van der Waals surface area contributed by atoms with Crippen molar-refractivity contribution in [2.45, 2.75) is 39.0 Å². The number of ether oxygens (including phenoxy) is 1. The van der Waals surface area contributed by atoms with Gasteiger partial charge in [-0.25, -0.2) is 4.79 Å². The Hall–Kier alpha value is -4.13. The normalized spacial score (nSPS) is 11.4. The fraction of sp³-hybridized carbons (Fsp3) is 0.222. The highest BCUT2D eigenvalue weighted by Crippen LogP contribution is 2.12. The first-order valence-electron chi connectivity index (χ1n) is 11.1. The van der Waals surface area contributed by atoms with Gasteiger partial charge in [0, 0.05) is 23.7 Å². The summed E-state index contributed by atoms with van der Waals surface area (Å²) in [6.07, 6.45) is -0.386. The van der Waals surface area contributed by atoms with Crippen molar-refractivity contribution in [3.05, 3.63) is 102 Å². The molecule has 7 nitrogen and oxygen atoms in total. The summed E-state index contributed by atoms with van der Waals surface area (Å²) in [5, 5.41) is 8.30. The summed E-state index contributed by atoms with van der Waals surface area (Å²) in [6, 6.07) is 24.5. The van der Waals surface area contributed by atoms with Gasteiger partial charge in [-0.05, 0) is 49.2 Å². The Morgan fingerprint density at radius 1 is 0.765 bits per heavy atom. The van der Waals surface area contributed by atoms with Gasteiger partial charge in [0.15, 0.2) is 0 Å². The molecule has 0 radical (unpaired) electrons. The van der Waals surface area contributed by atoms with E-state index in [0.29, 0.717) is 17.7 Å². The van der Waals surface area contributed by atoms with Crippen LogP contribution < -0.4 is 16.0 Å². The molecule has 3 aromatic carbocycles. The van der Waals surface area contributed by atoms with E-state index in [9.17, 15) is 14.4 Å². The zero-order valence-corrected chi connectivity index (χ0v) is 19.3. The Bertz CT molecular complexity index is 1080. The summed E-state index contributed by atoms with van der Waals surface area (Å²) < 4.78 is 5.30. The molecular weight excluding hydrogens is 430 g/mol. The summed E-state index contributed by atoms with van der Waals surface area (Å²) in [5.74, 6) is -0.572. The fourth-order valence-electron chi connectivity index (χ4n) is 3.25. The summed E-state index contributed by atoms with van der Waals surface area (Å²) >= 11 is 0. The van der Waals surface area contributed by atoms with Crippen LogP contribution in [-0.4, -0.2) is 30.0 Å². The van der Waals surface area contributed by atoms with E-state index < -0.39 is 12.1 Å². The first-order chi connectivity index (χ1) is 16.4. The number of nitrogens with one attached hydrogen (secondary N) is 3. The minimum absolute atomic E-state index is 0.0262. The lowest BCUT2D eigenvalue weighted by molar-refractivity contribution is -0.118. The molecule has 0 saturated carbocycles. The molecule has 34 heavy (non-hydrogen) atoms. The summed E-state index contributed by atoms with van der Waals surface area (Å²) in [5.41, 5.74) is 2.76. The van der Waals surface area contributed by atoms with Crippen molar-refractivity contribution in [1.82, 2.24) is 10.6 Å². The van der Waals surface area contributed by atoms with Gasteiger partial charge in [0.2, 0.25) is 5.91 Å². The van der Waals surface area contributed by atoms with E-state index >= 15 is 0 Å². The molecule has 3 amide bonds. The van der Waals surface area contributed by atoms with Crippen LogP contribution in [0.5, 0.6) is 0 Å². The molecule has 0 aliphatic carbocycles. The Morgan fingerprint density at radius 2 is 1.35 bits per heavy atom. The molecule has 0 bridgehead atoms. The van der Waals surface area contributed by atoms with Crippen LogP contribution in [0.15, 0.2) is 84.9 Å². The van der Waals surface area contributed by atoms with Gasteiger partial charge in [-0.2, -0.15) is 0 Å². The Morgan fingerprint density at radius 3 is 1.94 bits per heavy atom. The van der Waals surface area contributed by atoms with Gasteiger partial charge in [0.25, 0.3) is 5.91 Å². The molecule has 0 saturated heterocycles. The van der Waals surface area contributed by atoms with Crippen molar-refractivity contribution in [2.24, 2.45) is 0 Å². The van der Waals surface area contributed by atoms with Crippen molar-refractivity contribution in [2.75, 3.05) is 5.32 Å². The molecule has 0 fully saturated rings. The molecule has 0 spiro atoms. The average molecular weight is 460 g/mol. The second-order valence-electron chi connectivity index (χ2n) is 8.14. The second kappa shape index (κ2) is 12.2. The minimum atomic E-state index is -0.852. The zero-order chi connectivity index (χ0) is 24.3. The van der Waals surface area contributed by atoms with Gasteiger partial charge in [-0.1, -0.05) is 60.7 Å². The van der Waals surface area contributed by atoms with Crippen molar-refractivity contribution in [1.29, 1.82) is 0 Å². The van der Waals surface area contributed by atoms with E-state index in [1.165, 1.54) is 0 Å². The molecule has 7 heteroatoms. The van der Waals surface area contributed by atoms with Crippen LogP contribution in [-0.2, 0) is 22.6 Å². The van der Waals surface area contributed by atoms with Crippen LogP contribution in [0.4, 0.5) is 10.5 Å². The predicted molar refractivity (Wildman–Crippen MR) is 131 cm³/mol. The number of rotatable bonds is 9. The molecule has 3 N–H and O–H groups in total. The average Bonchev–Trinajstić information content (AvgIpc) is 2.83. The maximum absolute atomic E-state index is 13.0. The molecular formula is C27H29N3O4. The van der Waals surface area contributed by atoms with E-state index in [4.69, 9.17) is 4.74 Å². The SMILES string of the molecule is CC(C)NC(=O)c1ccc(NC(=O)[C@H](Cc2ccccc2)NC(=O)OCc2ccccc2)cc1. The first-order valence-corrected chi connectivity index (χ1v) is 11.1. The number of carbonyl (C=O) groups is 3. The molecule has 0 unspecified atom stereocenters. The monoisotopic (exact) mass is 459 g/mol. The van der Waals surface area contributed by atoms with Crippen LogP contribution in [0.2, 0.25) is 0 Å². The smallest absolute Gasteiger partial charge is 0.408 e. The largest absolute Gasteiger partial charge is 0.445 e. The van der Waals surface area contributed by atoms with Crippen LogP contribution in [0.25, 0.3) is 0 Å². The lowest BCUT2D eigenvalue weighted by atomic mass is 10.1.